The van der Waals surface area contributed by atoms with Gasteiger partial charge < -0.3 is 9.84 Å². The number of para-hydroxylation sites is 1. The molecule has 0 spiro atoms. The minimum absolute atomic E-state index is 0.0943. The number of carboxylic acids is 1. The highest BCUT2D eigenvalue weighted by Crippen LogP contribution is 2.42. The fourth-order valence-corrected chi connectivity index (χ4v) is 2.97. The highest BCUT2D eigenvalue weighted by Gasteiger charge is 2.38. The van der Waals surface area contributed by atoms with Crippen LogP contribution in [0.1, 0.15) is 52.0 Å². The van der Waals surface area contributed by atoms with Crippen molar-refractivity contribution in [3.63, 3.8) is 0 Å². The largest absolute Gasteiger partial charge is 0.481 e. The fourth-order valence-electron chi connectivity index (χ4n) is 2.97. The molecule has 0 aromatic heterocycles. The molecule has 2 rings (SSSR count). The summed E-state index contributed by atoms with van der Waals surface area (Å²) in [5, 5.41) is 9.08. The minimum atomic E-state index is -0.942. The Hall–Kier alpha value is -2.11. The maximum absolute atomic E-state index is 14.4. The van der Waals surface area contributed by atoms with Crippen LogP contribution in [0.15, 0.2) is 18.2 Å². The molecule has 2 atom stereocenters. The number of rotatable bonds is 2. The third-order valence-electron chi connectivity index (χ3n) is 3.78. The van der Waals surface area contributed by atoms with E-state index in [2.05, 4.69) is 0 Å². The summed E-state index contributed by atoms with van der Waals surface area (Å²) >= 11 is 0. The van der Waals surface area contributed by atoms with Gasteiger partial charge in [-0.25, -0.2) is 9.18 Å². The third kappa shape index (κ3) is 3.81. The van der Waals surface area contributed by atoms with Crippen molar-refractivity contribution in [3.05, 3.63) is 29.6 Å². The first-order valence-corrected chi connectivity index (χ1v) is 7.62. The van der Waals surface area contributed by atoms with Crippen molar-refractivity contribution in [2.45, 2.75) is 58.1 Å². The number of carbonyl (C=O) groups is 2. The number of halogens is 1. The maximum Gasteiger partial charge on any atom is 0.415 e. The third-order valence-corrected chi connectivity index (χ3v) is 3.78. The van der Waals surface area contributed by atoms with Crippen molar-refractivity contribution in [1.29, 1.82) is 0 Å². The maximum atomic E-state index is 14.4. The Bertz CT molecular complexity index is 624. The summed E-state index contributed by atoms with van der Waals surface area (Å²) in [5.41, 5.74) is -0.0248. The first-order chi connectivity index (χ1) is 10.6. The highest BCUT2D eigenvalue weighted by molar-refractivity contribution is 5.91. The van der Waals surface area contributed by atoms with Crippen molar-refractivity contribution in [2.24, 2.45) is 0 Å². The average molecular weight is 323 g/mol. The molecular formula is C17H22FNO4. The average Bonchev–Trinajstić information content (AvgIpc) is 2.37. The van der Waals surface area contributed by atoms with Gasteiger partial charge in [0.2, 0.25) is 0 Å². The van der Waals surface area contributed by atoms with Crippen LogP contribution >= 0.6 is 0 Å². The van der Waals surface area contributed by atoms with Gasteiger partial charge in [0, 0.05) is 6.04 Å². The Morgan fingerprint density at radius 3 is 2.61 bits per heavy atom. The summed E-state index contributed by atoms with van der Waals surface area (Å²) in [6.07, 6.45) is -0.268. The van der Waals surface area contributed by atoms with E-state index < -0.39 is 23.5 Å². The molecular weight excluding hydrogens is 301 g/mol. The van der Waals surface area contributed by atoms with E-state index in [0.717, 1.165) is 0 Å². The predicted molar refractivity (Wildman–Crippen MR) is 84.2 cm³/mol. The number of fused-ring (bicyclic) bond motifs is 1. The molecule has 1 amide bonds. The van der Waals surface area contributed by atoms with Crippen LogP contribution in [0.25, 0.3) is 0 Å². The van der Waals surface area contributed by atoms with E-state index in [1.807, 2.05) is 0 Å². The Labute approximate surface area is 135 Å². The quantitative estimate of drug-likeness (QED) is 0.896. The lowest BCUT2D eigenvalue weighted by molar-refractivity contribution is -0.137. The van der Waals surface area contributed by atoms with Crippen LogP contribution in [-0.4, -0.2) is 28.8 Å². The van der Waals surface area contributed by atoms with Crippen LogP contribution < -0.4 is 4.90 Å². The van der Waals surface area contributed by atoms with Gasteiger partial charge in [-0.05, 0) is 51.7 Å². The molecule has 0 fully saturated rings. The highest BCUT2D eigenvalue weighted by atomic mass is 19.1. The number of ether oxygens (including phenoxy) is 1. The van der Waals surface area contributed by atoms with Gasteiger partial charge in [-0.15, -0.1) is 0 Å². The number of hydrogen-bond acceptors (Lipinski definition) is 3. The van der Waals surface area contributed by atoms with Crippen molar-refractivity contribution in [1.82, 2.24) is 0 Å². The molecule has 2 unspecified atom stereocenters. The van der Waals surface area contributed by atoms with Gasteiger partial charge in [0.1, 0.15) is 11.4 Å². The Morgan fingerprint density at radius 2 is 2.04 bits per heavy atom. The van der Waals surface area contributed by atoms with Crippen molar-refractivity contribution in [2.75, 3.05) is 4.90 Å². The summed E-state index contributed by atoms with van der Waals surface area (Å²) < 4.78 is 19.8. The van der Waals surface area contributed by atoms with E-state index in [1.54, 1.807) is 33.8 Å². The van der Waals surface area contributed by atoms with Crippen molar-refractivity contribution >= 4 is 17.7 Å². The zero-order chi connectivity index (χ0) is 17.4. The molecule has 1 aromatic rings. The number of aliphatic carboxylic acids is 1. The molecule has 0 aliphatic carbocycles. The van der Waals surface area contributed by atoms with Crippen LogP contribution in [0, 0.1) is 5.82 Å². The van der Waals surface area contributed by atoms with Gasteiger partial charge in [-0.2, -0.15) is 0 Å². The van der Waals surface area contributed by atoms with E-state index in [9.17, 15) is 14.0 Å². The molecule has 0 saturated heterocycles. The molecule has 1 N–H and O–H groups in total. The Kier molecular flexibility index (Phi) is 4.63. The van der Waals surface area contributed by atoms with Crippen molar-refractivity contribution < 1.29 is 23.8 Å². The van der Waals surface area contributed by atoms with Gasteiger partial charge in [0.15, 0.2) is 0 Å². The van der Waals surface area contributed by atoms with Gasteiger partial charge in [-0.3, -0.25) is 9.69 Å². The monoisotopic (exact) mass is 323 g/mol. The summed E-state index contributed by atoms with van der Waals surface area (Å²) in [4.78, 5) is 24.9. The lowest BCUT2D eigenvalue weighted by Gasteiger charge is -2.39. The van der Waals surface area contributed by atoms with E-state index in [0.29, 0.717) is 12.0 Å². The first kappa shape index (κ1) is 17.2. The normalized spacial score (nSPS) is 20.8. The van der Waals surface area contributed by atoms with Crippen LogP contribution in [0.3, 0.4) is 0 Å². The predicted octanol–water partition coefficient (Wildman–Crippen LogP) is 3.92. The molecule has 1 aliphatic heterocycles. The molecule has 126 valence electrons. The molecule has 6 heteroatoms. The minimum Gasteiger partial charge on any atom is -0.481 e. The van der Waals surface area contributed by atoms with E-state index in [4.69, 9.17) is 9.84 Å². The summed E-state index contributed by atoms with van der Waals surface area (Å²) in [6.45, 7) is 7.01. The zero-order valence-corrected chi connectivity index (χ0v) is 13.8. The van der Waals surface area contributed by atoms with E-state index in [1.165, 1.54) is 17.0 Å². The van der Waals surface area contributed by atoms with Crippen LogP contribution in [-0.2, 0) is 9.53 Å². The SMILES string of the molecule is CC1CC(CC(=O)O)c2cccc(F)c2N1C(=O)OC(C)(C)C. The second-order valence-electron chi connectivity index (χ2n) is 6.91. The van der Waals surface area contributed by atoms with Gasteiger partial charge in [-0.1, -0.05) is 12.1 Å². The number of nitrogens with zero attached hydrogens (tertiary/aromatic N) is 1. The molecule has 1 aromatic carbocycles. The number of benzene rings is 1. The fraction of sp³-hybridized carbons (Fsp3) is 0.529. The molecule has 5 nitrogen and oxygen atoms in total. The van der Waals surface area contributed by atoms with Crippen LogP contribution in [0.2, 0.25) is 0 Å². The zero-order valence-electron chi connectivity index (χ0n) is 13.8. The smallest absolute Gasteiger partial charge is 0.415 e. The van der Waals surface area contributed by atoms with E-state index >= 15 is 0 Å². The lowest BCUT2D eigenvalue weighted by atomic mass is 9.84. The number of hydrogen-bond donors (Lipinski definition) is 1. The lowest BCUT2D eigenvalue weighted by Crippen LogP contribution is -2.46. The van der Waals surface area contributed by atoms with Gasteiger partial charge >= 0.3 is 12.1 Å². The molecule has 0 radical (unpaired) electrons. The number of amides is 1. The van der Waals surface area contributed by atoms with Crippen molar-refractivity contribution in [3.8, 4) is 0 Å². The summed E-state index contributed by atoms with van der Waals surface area (Å²) in [5.74, 6) is -1.81. The van der Waals surface area contributed by atoms with Crippen LogP contribution in [0.5, 0.6) is 0 Å². The second kappa shape index (κ2) is 6.18. The molecule has 1 heterocycles. The molecule has 23 heavy (non-hydrogen) atoms. The second-order valence-corrected chi connectivity index (χ2v) is 6.91. The topological polar surface area (TPSA) is 66.8 Å². The molecule has 1 aliphatic rings. The first-order valence-electron chi connectivity index (χ1n) is 7.62. The Balaban J connectivity index is 2.45. The summed E-state index contributed by atoms with van der Waals surface area (Å²) in [6, 6.07) is 4.13. The number of carbonyl (C=O) groups excluding carboxylic acids is 1. The van der Waals surface area contributed by atoms with Crippen LogP contribution in [0.4, 0.5) is 14.9 Å². The van der Waals surface area contributed by atoms with E-state index in [-0.39, 0.29) is 24.1 Å². The standard InChI is InChI=1S/C17H22FNO4/c1-10-8-11(9-14(20)21)12-6-5-7-13(18)15(12)19(10)16(22)23-17(2,3)4/h5-7,10-11H,8-9H2,1-4H3,(H,20,21). The number of anilines is 1. The summed E-state index contributed by atoms with van der Waals surface area (Å²) in [7, 11) is 0. The number of carboxylic acid groups (broad SMARTS) is 1. The molecule has 0 saturated carbocycles. The van der Waals surface area contributed by atoms with Gasteiger partial charge in [0.05, 0.1) is 12.1 Å². The molecule has 0 bridgehead atoms. The Morgan fingerprint density at radius 1 is 1.39 bits per heavy atom. The van der Waals surface area contributed by atoms with Gasteiger partial charge in [0.25, 0.3) is 0 Å².